The summed E-state index contributed by atoms with van der Waals surface area (Å²) < 4.78 is 2.23. The molecule has 2 aromatic rings. The summed E-state index contributed by atoms with van der Waals surface area (Å²) in [5, 5.41) is 4.27. The molecule has 102 valence electrons. The van der Waals surface area contributed by atoms with E-state index < -0.39 is 0 Å². The van der Waals surface area contributed by atoms with E-state index in [1.54, 1.807) is 0 Å². The fourth-order valence-corrected chi connectivity index (χ4v) is 3.54. The van der Waals surface area contributed by atoms with Gasteiger partial charge >= 0.3 is 0 Å². The Kier molecular flexibility index (Phi) is 3.27. The minimum atomic E-state index is 0.189. The fraction of sp³-hybridized carbons (Fsp3) is 0.533. The van der Waals surface area contributed by atoms with Crippen LogP contribution in [0.1, 0.15) is 32.0 Å². The van der Waals surface area contributed by atoms with Crippen molar-refractivity contribution in [3.63, 3.8) is 0 Å². The van der Waals surface area contributed by atoms with Gasteiger partial charge in [-0.15, -0.1) is 0 Å². The second-order valence-electron chi connectivity index (χ2n) is 5.58. The van der Waals surface area contributed by atoms with Crippen molar-refractivity contribution < 1.29 is 0 Å². The Labute approximate surface area is 119 Å². The zero-order valence-corrected chi connectivity index (χ0v) is 12.3. The van der Waals surface area contributed by atoms with Crippen LogP contribution in [0.25, 0.3) is 11.0 Å². The molecular weight excluding hydrogens is 258 g/mol. The summed E-state index contributed by atoms with van der Waals surface area (Å²) in [5.74, 6) is 1.21. The Morgan fingerprint density at radius 1 is 1.47 bits per heavy atom. The number of fused-ring (bicyclic) bond motifs is 1. The number of halogens is 1. The lowest BCUT2D eigenvalue weighted by Gasteiger charge is -2.27. The summed E-state index contributed by atoms with van der Waals surface area (Å²) in [4.78, 5) is 4.89. The summed E-state index contributed by atoms with van der Waals surface area (Å²) in [7, 11) is 2.11. The molecule has 1 aromatic carbocycles. The molecule has 0 aliphatic carbocycles. The highest BCUT2D eigenvalue weighted by Crippen LogP contribution is 2.36. The van der Waals surface area contributed by atoms with E-state index in [2.05, 4.69) is 23.9 Å². The SMILES string of the molecule is CCCC1(c2nc3ccc(Cl)cc3n2C)CCNC1. The maximum absolute atomic E-state index is 6.10. The quantitative estimate of drug-likeness (QED) is 0.933. The van der Waals surface area contributed by atoms with E-state index in [-0.39, 0.29) is 5.41 Å². The van der Waals surface area contributed by atoms with Crippen molar-refractivity contribution in [3.05, 3.63) is 29.0 Å². The highest BCUT2D eigenvalue weighted by Gasteiger charge is 2.38. The van der Waals surface area contributed by atoms with E-state index in [0.717, 1.165) is 29.1 Å². The molecule has 1 aromatic heterocycles. The first-order valence-corrected chi connectivity index (χ1v) is 7.37. The summed E-state index contributed by atoms with van der Waals surface area (Å²) in [6.45, 7) is 4.37. The highest BCUT2D eigenvalue weighted by atomic mass is 35.5. The number of aryl methyl sites for hydroxylation is 1. The number of hydrogen-bond donors (Lipinski definition) is 1. The average Bonchev–Trinajstić information content (AvgIpc) is 2.97. The van der Waals surface area contributed by atoms with E-state index in [1.165, 1.54) is 25.1 Å². The van der Waals surface area contributed by atoms with Gasteiger partial charge in [-0.05, 0) is 37.6 Å². The zero-order chi connectivity index (χ0) is 13.5. The fourth-order valence-electron chi connectivity index (χ4n) is 3.38. The van der Waals surface area contributed by atoms with Gasteiger partial charge in [0, 0.05) is 24.0 Å². The van der Waals surface area contributed by atoms with Gasteiger partial charge in [-0.1, -0.05) is 24.9 Å². The van der Waals surface area contributed by atoms with E-state index in [0.29, 0.717) is 0 Å². The molecule has 1 fully saturated rings. The van der Waals surface area contributed by atoms with Crippen LogP contribution in [0.15, 0.2) is 18.2 Å². The summed E-state index contributed by atoms with van der Waals surface area (Å²) in [5.41, 5.74) is 2.36. The zero-order valence-electron chi connectivity index (χ0n) is 11.5. The van der Waals surface area contributed by atoms with E-state index in [1.807, 2.05) is 18.2 Å². The maximum atomic E-state index is 6.10. The molecule has 3 nitrogen and oxygen atoms in total. The first-order valence-electron chi connectivity index (χ1n) is 6.99. The summed E-state index contributed by atoms with van der Waals surface area (Å²) in [6, 6.07) is 5.94. The Bertz CT molecular complexity index is 597. The van der Waals surface area contributed by atoms with Crippen LogP contribution in [-0.4, -0.2) is 22.6 Å². The molecule has 1 atom stereocenters. The molecule has 1 aliphatic rings. The molecule has 2 heterocycles. The molecule has 1 unspecified atom stereocenters. The molecule has 0 radical (unpaired) electrons. The van der Waals surface area contributed by atoms with Crippen molar-refractivity contribution in [2.45, 2.75) is 31.6 Å². The molecule has 3 rings (SSSR count). The maximum Gasteiger partial charge on any atom is 0.117 e. The van der Waals surface area contributed by atoms with Crippen molar-refractivity contribution in [3.8, 4) is 0 Å². The lowest BCUT2D eigenvalue weighted by Crippen LogP contribution is -2.32. The number of nitrogens with zero attached hydrogens (tertiary/aromatic N) is 2. The van der Waals surface area contributed by atoms with Crippen LogP contribution >= 0.6 is 11.6 Å². The normalized spacial score (nSPS) is 23.3. The number of benzene rings is 1. The second-order valence-corrected chi connectivity index (χ2v) is 6.02. The van der Waals surface area contributed by atoms with Crippen molar-refractivity contribution in [1.82, 2.24) is 14.9 Å². The third-order valence-corrected chi connectivity index (χ3v) is 4.52. The number of rotatable bonds is 3. The number of imidazole rings is 1. The Morgan fingerprint density at radius 2 is 2.32 bits per heavy atom. The minimum absolute atomic E-state index is 0.189. The van der Waals surface area contributed by atoms with E-state index in [4.69, 9.17) is 16.6 Å². The third-order valence-electron chi connectivity index (χ3n) is 4.29. The molecule has 1 N–H and O–H groups in total. The predicted molar refractivity (Wildman–Crippen MR) is 79.8 cm³/mol. The highest BCUT2D eigenvalue weighted by molar-refractivity contribution is 6.31. The lowest BCUT2D eigenvalue weighted by molar-refractivity contribution is 0.393. The first kappa shape index (κ1) is 12.9. The number of aromatic nitrogens is 2. The van der Waals surface area contributed by atoms with Crippen LogP contribution in [0, 0.1) is 0 Å². The average molecular weight is 278 g/mol. The Balaban J connectivity index is 2.16. The van der Waals surface area contributed by atoms with Crippen molar-refractivity contribution >= 4 is 22.6 Å². The molecule has 0 saturated carbocycles. The van der Waals surface area contributed by atoms with Crippen LogP contribution < -0.4 is 5.32 Å². The van der Waals surface area contributed by atoms with Crippen LogP contribution in [0.2, 0.25) is 5.02 Å². The molecule has 1 aliphatic heterocycles. The van der Waals surface area contributed by atoms with E-state index in [9.17, 15) is 0 Å². The van der Waals surface area contributed by atoms with Crippen molar-refractivity contribution in [2.75, 3.05) is 13.1 Å². The summed E-state index contributed by atoms with van der Waals surface area (Å²) >= 11 is 6.10. The van der Waals surface area contributed by atoms with Gasteiger partial charge in [0.2, 0.25) is 0 Å². The first-order chi connectivity index (χ1) is 9.16. The van der Waals surface area contributed by atoms with Gasteiger partial charge in [-0.3, -0.25) is 0 Å². The number of nitrogens with one attached hydrogen (secondary N) is 1. The number of hydrogen-bond acceptors (Lipinski definition) is 2. The van der Waals surface area contributed by atoms with Crippen molar-refractivity contribution in [1.29, 1.82) is 0 Å². The van der Waals surface area contributed by atoms with E-state index >= 15 is 0 Å². The standard InChI is InChI=1S/C15H20ClN3/c1-3-6-15(7-8-17-10-15)14-18-12-5-4-11(16)9-13(12)19(14)2/h4-5,9,17H,3,6-8,10H2,1-2H3. The van der Waals surface area contributed by atoms with Gasteiger partial charge in [0.15, 0.2) is 0 Å². The largest absolute Gasteiger partial charge is 0.331 e. The van der Waals surface area contributed by atoms with Crippen molar-refractivity contribution in [2.24, 2.45) is 7.05 Å². The van der Waals surface area contributed by atoms with Crippen LogP contribution in [0.3, 0.4) is 0 Å². The molecule has 19 heavy (non-hydrogen) atoms. The Hall–Kier alpha value is -1.06. The molecule has 0 spiro atoms. The van der Waals surface area contributed by atoms with Gasteiger partial charge in [0.1, 0.15) is 5.82 Å². The van der Waals surface area contributed by atoms with Gasteiger partial charge in [0.05, 0.1) is 11.0 Å². The van der Waals surface area contributed by atoms with Crippen LogP contribution in [-0.2, 0) is 12.5 Å². The molecule has 1 saturated heterocycles. The van der Waals surface area contributed by atoms with Crippen LogP contribution in [0.5, 0.6) is 0 Å². The third kappa shape index (κ3) is 2.05. The molecule has 4 heteroatoms. The Morgan fingerprint density at radius 3 is 3.00 bits per heavy atom. The lowest BCUT2D eigenvalue weighted by atomic mass is 9.81. The van der Waals surface area contributed by atoms with Gasteiger partial charge in [-0.25, -0.2) is 4.98 Å². The van der Waals surface area contributed by atoms with Gasteiger partial charge in [0.25, 0.3) is 0 Å². The van der Waals surface area contributed by atoms with Gasteiger partial charge < -0.3 is 9.88 Å². The summed E-state index contributed by atoms with van der Waals surface area (Å²) in [6.07, 6.45) is 3.54. The molecule has 0 amide bonds. The molecular formula is C15H20ClN3. The van der Waals surface area contributed by atoms with Gasteiger partial charge in [-0.2, -0.15) is 0 Å². The predicted octanol–water partition coefficient (Wildman–Crippen LogP) is 3.26. The minimum Gasteiger partial charge on any atom is -0.331 e. The second kappa shape index (κ2) is 4.80. The smallest absolute Gasteiger partial charge is 0.117 e. The molecule has 0 bridgehead atoms. The monoisotopic (exact) mass is 277 g/mol. The van der Waals surface area contributed by atoms with Crippen LogP contribution in [0.4, 0.5) is 0 Å². The topological polar surface area (TPSA) is 29.9 Å².